The van der Waals surface area contributed by atoms with Crippen LogP contribution >= 0.6 is 11.6 Å². The van der Waals surface area contributed by atoms with Gasteiger partial charge >= 0.3 is 5.97 Å². The zero-order valence-electron chi connectivity index (χ0n) is 12.4. The number of hydrogen-bond donors (Lipinski definition) is 3. The average molecular weight is 341 g/mol. The first kappa shape index (κ1) is 15.8. The summed E-state index contributed by atoms with van der Waals surface area (Å²) in [5, 5.41) is 12.9. The lowest BCUT2D eigenvalue weighted by Crippen LogP contribution is -2.27. The maximum Gasteiger partial charge on any atom is 0.352 e. The van der Waals surface area contributed by atoms with Gasteiger partial charge in [-0.1, -0.05) is 48.0 Å². The molecule has 0 atom stereocenters. The van der Waals surface area contributed by atoms with Gasteiger partial charge in [-0.25, -0.2) is 4.79 Å². The molecule has 1 aromatic heterocycles. The molecule has 3 N–H and O–H groups in total. The standard InChI is InChI=1S/C18H13ClN2O3/c19-16-13(12-8-4-5-9-14(12)20-16)10-15(18(23)24)21-17(22)11-6-2-1-3-7-11/h1-10,20H,(H,21,22)(H,23,24). The number of aromatic amines is 1. The molecular weight excluding hydrogens is 328 g/mol. The molecule has 0 bridgehead atoms. The lowest BCUT2D eigenvalue weighted by molar-refractivity contribution is -0.132. The fourth-order valence-electron chi connectivity index (χ4n) is 2.35. The molecule has 0 aliphatic rings. The highest BCUT2D eigenvalue weighted by atomic mass is 35.5. The van der Waals surface area contributed by atoms with Crippen molar-refractivity contribution in [3.05, 3.63) is 76.6 Å². The van der Waals surface area contributed by atoms with E-state index < -0.39 is 11.9 Å². The van der Waals surface area contributed by atoms with Gasteiger partial charge in [0.25, 0.3) is 5.91 Å². The first-order chi connectivity index (χ1) is 11.6. The molecule has 24 heavy (non-hydrogen) atoms. The molecule has 6 heteroatoms. The van der Waals surface area contributed by atoms with E-state index in [2.05, 4.69) is 10.3 Å². The van der Waals surface area contributed by atoms with Crippen LogP contribution in [-0.4, -0.2) is 22.0 Å². The molecule has 0 saturated carbocycles. The second kappa shape index (κ2) is 6.60. The number of amides is 1. The smallest absolute Gasteiger partial charge is 0.352 e. The largest absolute Gasteiger partial charge is 0.477 e. The molecule has 0 unspecified atom stereocenters. The van der Waals surface area contributed by atoms with E-state index in [1.54, 1.807) is 30.3 Å². The molecule has 5 nitrogen and oxygen atoms in total. The number of para-hydroxylation sites is 1. The third-order valence-corrected chi connectivity index (χ3v) is 3.80. The number of nitrogens with one attached hydrogen (secondary N) is 2. The first-order valence-electron chi connectivity index (χ1n) is 7.14. The number of hydrogen-bond acceptors (Lipinski definition) is 2. The number of H-pyrrole nitrogens is 1. The van der Waals surface area contributed by atoms with E-state index in [4.69, 9.17) is 11.6 Å². The van der Waals surface area contributed by atoms with Crippen molar-refractivity contribution in [2.45, 2.75) is 0 Å². The third-order valence-electron chi connectivity index (χ3n) is 3.50. The number of rotatable bonds is 4. The van der Waals surface area contributed by atoms with Crippen molar-refractivity contribution in [1.82, 2.24) is 10.3 Å². The Morgan fingerprint density at radius 2 is 1.71 bits per heavy atom. The van der Waals surface area contributed by atoms with Gasteiger partial charge in [0.2, 0.25) is 0 Å². The van der Waals surface area contributed by atoms with Crippen molar-refractivity contribution in [3.63, 3.8) is 0 Å². The number of aliphatic carboxylic acids is 1. The molecule has 0 saturated heterocycles. The molecule has 0 aliphatic carbocycles. The second-order valence-electron chi connectivity index (χ2n) is 5.08. The van der Waals surface area contributed by atoms with Crippen LogP contribution in [0, 0.1) is 0 Å². The number of halogens is 1. The monoisotopic (exact) mass is 340 g/mol. The van der Waals surface area contributed by atoms with Crippen molar-refractivity contribution in [3.8, 4) is 0 Å². The molecule has 1 heterocycles. The minimum absolute atomic E-state index is 0.254. The molecule has 120 valence electrons. The van der Waals surface area contributed by atoms with Crippen LogP contribution in [0.25, 0.3) is 17.0 Å². The summed E-state index contributed by atoms with van der Waals surface area (Å²) in [6, 6.07) is 15.7. The topological polar surface area (TPSA) is 82.2 Å². The highest BCUT2D eigenvalue weighted by Gasteiger charge is 2.16. The van der Waals surface area contributed by atoms with Gasteiger partial charge < -0.3 is 15.4 Å². The Morgan fingerprint density at radius 1 is 1.04 bits per heavy atom. The summed E-state index contributed by atoms with van der Waals surface area (Å²) in [5.74, 6) is -1.75. The predicted octanol–water partition coefficient (Wildman–Crippen LogP) is 3.68. The van der Waals surface area contributed by atoms with E-state index in [-0.39, 0.29) is 5.70 Å². The average Bonchev–Trinajstić information content (AvgIpc) is 2.90. The van der Waals surface area contributed by atoms with Crippen molar-refractivity contribution in [2.75, 3.05) is 0 Å². The quantitative estimate of drug-likeness (QED) is 0.634. The SMILES string of the molecule is O=C(O)C(=Cc1c(Cl)[nH]c2ccccc12)NC(=O)c1ccccc1. The van der Waals surface area contributed by atoms with Crippen LogP contribution in [0.4, 0.5) is 0 Å². The minimum atomic E-state index is -1.25. The number of benzene rings is 2. The Bertz CT molecular complexity index is 945. The van der Waals surface area contributed by atoms with E-state index in [0.717, 1.165) is 10.9 Å². The van der Waals surface area contributed by atoms with Crippen LogP contribution in [0.15, 0.2) is 60.3 Å². The van der Waals surface area contributed by atoms with Crippen LogP contribution in [0.5, 0.6) is 0 Å². The molecular formula is C18H13ClN2O3. The highest BCUT2D eigenvalue weighted by Crippen LogP contribution is 2.27. The van der Waals surface area contributed by atoms with E-state index in [1.807, 2.05) is 24.3 Å². The van der Waals surface area contributed by atoms with E-state index in [0.29, 0.717) is 16.3 Å². The van der Waals surface area contributed by atoms with Crippen LogP contribution in [0.2, 0.25) is 5.15 Å². The molecule has 1 amide bonds. The Labute approximate surface area is 142 Å². The molecule has 0 radical (unpaired) electrons. The molecule has 3 rings (SSSR count). The van der Waals surface area contributed by atoms with Gasteiger partial charge in [-0.2, -0.15) is 0 Å². The molecule has 0 aliphatic heterocycles. The number of aromatic nitrogens is 1. The molecule has 3 aromatic rings. The van der Waals surface area contributed by atoms with Crippen molar-refractivity contribution in [1.29, 1.82) is 0 Å². The van der Waals surface area contributed by atoms with Gasteiger partial charge in [-0.05, 0) is 24.3 Å². The van der Waals surface area contributed by atoms with Gasteiger partial charge in [-0.3, -0.25) is 4.79 Å². The van der Waals surface area contributed by atoms with Crippen LogP contribution in [0.1, 0.15) is 15.9 Å². The van der Waals surface area contributed by atoms with Crippen molar-refractivity contribution < 1.29 is 14.7 Å². The van der Waals surface area contributed by atoms with E-state index in [9.17, 15) is 14.7 Å². The normalized spacial score (nSPS) is 11.5. The third kappa shape index (κ3) is 3.16. The maximum absolute atomic E-state index is 12.2. The number of fused-ring (bicyclic) bond motifs is 1. The Kier molecular flexibility index (Phi) is 4.35. The minimum Gasteiger partial charge on any atom is -0.477 e. The summed E-state index contributed by atoms with van der Waals surface area (Å²) in [6.45, 7) is 0. The van der Waals surface area contributed by atoms with E-state index >= 15 is 0 Å². The summed E-state index contributed by atoms with van der Waals surface area (Å²) >= 11 is 6.16. The van der Waals surface area contributed by atoms with Gasteiger partial charge in [0.15, 0.2) is 0 Å². The summed E-state index contributed by atoms with van der Waals surface area (Å²) in [6.07, 6.45) is 1.35. The van der Waals surface area contributed by atoms with Gasteiger partial charge in [-0.15, -0.1) is 0 Å². The fraction of sp³-hybridized carbons (Fsp3) is 0. The Hall–Kier alpha value is -3.05. The van der Waals surface area contributed by atoms with Crippen LogP contribution in [-0.2, 0) is 4.79 Å². The molecule has 0 fully saturated rings. The first-order valence-corrected chi connectivity index (χ1v) is 7.51. The Morgan fingerprint density at radius 3 is 2.42 bits per heavy atom. The fourth-order valence-corrected chi connectivity index (χ4v) is 2.61. The van der Waals surface area contributed by atoms with Gasteiger partial charge in [0.1, 0.15) is 10.9 Å². The Balaban J connectivity index is 1.99. The van der Waals surface area contributed by atoms with Crippen LogP contribution in [0.3, 0.4) is 0 Å². The lowest BCUT2D eigenvalue weighted by atomic mass is 10.1. The number of carboxylic acid groups (broad SMARTS) is 1. The highest BCUT2D eigenvalue weighted by molar-refractivity contribution is 6.33. The molecule has 0 spiro atoms. The van der Waals surface area contributed by atoms with Crippen LogP contribution < -0.4 is 5.32 Å². The summed E-state index contributed by atoms with van der Waals surface area (Å²) in [7, 11) is 0. The summed E-state index contributed by atoms with van der Waals surface area (Å²) in [5.41, 5.74) is 1.41. The second-order valence-corrected chi connectivity index (χ2v) is 5.46. The zero-order chi connectivity index (χ0) is 17.1. The predicted molar refractivity (Wildman–Crippen MR) is 92.8 cm³/mol. The van der Waals surface area contributed by atoms with Crippen molar-refractivity contribution in [2.24, 2.45) is 0 Å². The molecule has 2 aromatic carbocycles. The van der Waals surface area contributed by atoms with Gasteiger partial charge in [0, 0.05) is 22.0 Å². The van der Waals surface area contributed by atoms with Crippen molar-refractivity contribution >= 4 is 40.5 Å². The summed E-state index contributed by atoms with van der Waals surface area (Å²) < 4.78 is 0. The lowest BCUT2D eigenvalue weighted by Gasteiger charge is -2.06. The van der Waals surface area contributed by atoms with Gasteiger partial charge in [0.05, 0.1) is 0 Å². The number of carbonyl (C=O) groups excluding carboxylic acids is 1. The number of carbonyl (C=O) groups is 2. The number of carboxylic acids is 1. The zero-order valence-corrected chi connectivity index (χ0v) is 13.2. The van der Waals surface area contributed by atoms with E-state index in [1.165, 1.54) is 6.08 Å². The maximum atomic E-state index is 12.2. The summed E-state index contributed by atoms with van der Waals surface area (Å²) in [4.78, 5) is 26.7.